The first-order chi connectivity index (χ1) is 26.8. The van der Waals surface area contributed by atoms with E-state index in [0.717, 1.165) is 76.5 Å². The Morgan fingerprint density at radius 3 is 2.35 bits per heavy atom. The average Bonchev–Trinajstić information content (AvgIpc) is 3.22. The molecule has 4 aliphatic rings. The van der Waals surface area contributed by atoms with Crippen LogP contribution in [0.3, 0.4) is 0 Å². The van der Waals surface area contributed by atoms with Crippen LogP contribution in [0.25, 0.3) is 0 Å². The fourth-order valence-corrected chi connectivity index (χ4v) is 9.39. The molecule has 286 valence electrons. The van der Waals surface area contributed by atoms with Crippen molar-refractivity contribution >= 4 is 23.2 Å². The van der Waals surface area contributed by atoms with E-state index >= 15 is 0 Å². The molecule has 55 heavy (non-hydrogen) atoms. The highest BCUT2D eigenvalue weighted by Crippen LogP contribution is 2.47. The zero-order valence-electron chi connectivity index (χ0n) is 32.1. The lowest BCUT2D eigenvalue weighted by atomic mass is 9.69. The summed E-state index contributed by atoms with van der Waals surface area (Å²) in [5.41, 5.74) is 9.72. The Balaban J connectivity index is 0.836. The van der Waals surface area contributed by atoms with E-state index in [4.69, 9.17) is 4.98 Å². The maximum absolute atomic E-state index is 13.0. The molecule has 3 saturated heterocycles. The molecule has 1 unspecified atom stereocenters. The zero-order valence-corrected chi connectivity index (χ0v) is 32.1. The van der Waals surface area contributed by atoms with E-state index in [1.165, 1.54) is 40.8 Å². The molecule has 1 aliphatic carbocycles. The second kappa shape index (κ2) is 16.3. The van der Waals surface area contributed by atoms with Gasteiger partial charge in [0.2, 0.25) is 5.91 Å². The van der Waals surface area contributed by atoms with Crippen LogP contribution in [-0.2, 0) is 17.6 Å². The molecule has 4 aromatic rings. The maximum Gasteiger partial charge on any atom is 0.270 e. The van der Waals surface area contributed by atoms with Crippen LogP contribution in [0.15, 0.2) is 97.2 Å². The van der Waals surface area contributed by atoms with E-state index in [2.05, 4.69) is 99.5 Å². The van der Waals surface area contributed by atoms with Crippen LogP contribution in [0.2, 0.25) is 0 Å². The molecule has 3 aliphatic heterocycles. The number of amides is 2. The number of benzene rings is 3. The smallest absolute Gasteiger partial charge is 0.270 e. The van der Waals surface area contributed by atoms with Gasteiger partial charge in [-0.2, -0.15) is 0 Å². The molecule has 3 atom stereocenters. The van der Waals surface area contributed by atoms with Crippen molar-refractivity contribution in [1.29, 1.82) is 0 Å². The number of aromatic nitrogens is 1. The van der Waals surface area contributed by atoms with Crippen LogP contribution in [0.5, 0.6) is 5.75 Å². The number of rotatable bonds is 9. The van der Waals surface area contributed by atoms with Crippen molar-refractivity contribution < 1.29 is 14.7 Å². The second-order valence-electron chi connectivity index (χ2n) is 15.9. The van der Waals surface area contributed by atoms with Gasteiger partial charge in [-0.25, -0.2) is 4.98 Å². The van der Waals surface area contributed by atoms with Crippen molar-refractivity contribution in [2.75, 3.05) is 55.6 Å². The summed E-state index contributed by atoms with van der Waals surface area (Å²) in [6.45, 7) is 13.1. The van der Waals surface area contributed by atoms with E-state index in [1.54, 1.807) is 6.07 Å². The van der Waals surface area contributed by atoms with Gasteiger partial charge in [-0.1, -0.05) is 62.0 Å². The number of piperazine rings is 1. The van der Waals surface area contributed by atoms with Crippen LogP contribution in [0.1, 0.15) is 89.3 Å². The Bertz CT molecular complexity index is 2000. The Morgan fingerprint density at radius 2 is 1.62 bits per heavy atom. The molecule has 1 aromatic heterocycles. The van der Waals surface area contributed by atoms with Gasteiger partial charge in [-0.3, -0.25) is 14.5 Å². The number of phenolic OH excluding ortho intramolecular Hbond substituents is 1. The summed E-state index contributed by atoms with van der Waals surface area (Å²) in [7, 11) is 0. The second-order valence-corrected chi connectivity index (χ2v) is 15.9. The van der Waals surface area contributed by atoms with E-state index in [-0.39, 0.29) is 17.7 Å². The van der Waals surface area contributed by atoms with E-state index < -0.39 is 6.04 Å². The Labute approximate surface area is 325 Å². The lowest BCUT2D eigenvalue weighted by Crippen LogP contribution is -2.49. The van der Waals surface area contributed by atoms with Gasteiger partial charge in [0.1, 0.15) is 17.5 Å². The fraction of sp³-hybridized carbons (Fsp3) is 0.413. The van der Waals surface area contributed by atoms with E-state index in [1.807, 2.05) is 18.2 Å². The van der Waals surface area contributed by atoms with Gasteiger partial charge in [-0.05, 0) is 115 Å². The molecule has 3 aromatic carbocycles. The Kier molecular flexibility index (Phi) is 10.9. The first kappa shape index (κ1) is 36.8. The molecule has 9 nitrogen and oxygen atoms in total. The van der Waals surface area contributed by atoms with Crippen LogP contribution in [0, 0.1) is 5.92 Å². The molecular weight excluding hydrogens is 685 g/mol. The predicted molar refractivity (Wildman–Crippen MR) is 219 cm³/mol. The molecule has 3 N–H and O–H groups in total. The van der Waals surface area contributed by atoms with Gasteiger partial charge in [0.15, 0.2) is 0 Å². The standard InChI is InChI=1S/C46H54N6O3/c1-3-40-43(20-19-41(48-40)46(55)49-42-18-9-31(2)47-45(42)54)52-27-25-50(26-28-52)30-32-21-23-51(24-22-32)36-13-10-34(11-14-36)44-38(33-7-5-4-6-8-33)16-12-35-29-37(53)15-17-39(35)44/h4-8,10-11,13-15,17,19-20,29,32,38,42,44,53H,2-3,9,12,16,18,21-28,30H2,1H3,(H,47,54)(H,49,55)/t38-,42?,44+/m1/s1. The number of aryl methyl sites for hydroxylation is 2. The van der Waals surface area contributed by atoms with Crippen molar-refractivity contribution in [3.8, 4) is 5.75 Å². The third kappa shape index (κ3) is 8.13. The molecular formula is C46H54N6O3. The summed E-state index contributed by atoms with van der Waals surface area (Å²) in [4.78, 5) is 37.6. The third-order valence-corrected chi connectivity index (χ3v) is 12.5. The summed E-state index contributed by atoms with van der Waals surface area (Å²) in [6, 6.07) is 29.5. The first-order valence-corrected chi connectivity index (χ1v) is 20.3. The number of nitrogens with one attached hydrogen (secondary N) is 2. The highest BCUT2D eigenvalue weighted by atomic mass is 16.3. The lowest BCUT2D eigenvalue weighted by Gasteiger charge is -2.40. The van der Waals surface area contributed by atoms with E-state index in [0.29, 0.717) is 41.8 Å². The number of phenols is 1. The van der Waals surface area contributed by atoms with Crippen LogP contribution >= 0.6 is 0 Å². The topological polar surface area (TPSA) is 101 Å². The lowest BCUT2D eigenvalue weighted by molar-refractivity contribution is -0.123. The SMILES string of the molecule is C=C1CCC(NC(=O)c2ccc(N3CCN(CC4CCN(c5ccc([C@@H]6c7ccc(O)cc7CC[C@@H]6c6ccccc6)cc5)CC4)CC3)c(CC)n2)C(=O)N1. The summed E-state index contributed by atoms with van der Waals surface area (Å²) in [6.07, 6.45) is 6.39. The van der Waals surface area contributed by atoms with Gasteiger partial charge < -0.3 is 25.5 Å². The predicted octanol–water partition coefficient (Wildman–Crippen LogP) is 6.77. The number of allylic oxidation sites excluding steroid dienone is 1. The van der Waals surface area contributed by atoms with Crippen LogP contribution in [0.4, 0.5) is 11.4 Å². The van der Waals surface area contributed by atoms with Crippen molar-refractivity contribution in [2.45, 2.75) is 69.7 Å². The van der Waals surface area contributed by atoms with Crippen molar-refractivity contribution in [1.82, 2.24) is 20.5 Å². The van der Waals surface area contributed by atoms with Crippen molar-refractivity contribution in [3.63, 3.8) is 0 Å². The normalized spacial score (nSPS) is 22.2. The van der Waals surface area contributed by atoms with Crippen LogP contribution < -0.4 is 20.4 Å². The fourth-order valence-electron chi connectivity index (χ4n) is 9.39. The highest BCUT2D eigenvalue weighted by molar-refractivity contribution is 5.97. The van der Waals surface area contributed by atoms with Gasteiger partial charge in [-0.15, -0.1) is 0 Å². The minimum atomic E-state index is -0.561. The molecule has 0 spiro atoms. The summed E-state index contributed by atoms with van der Waals surface area (Å²) in [5.74, 6) is 1.19. The number of anilines is 2. The van der Waals surface area contributed by atoms with Gasteiger partial charge >= 0.3 is 0 Å². The first-order valence-electron chi connectivity index (χ1n) is 20.3. The highest BCUT2D eigenvalue weighted by Gasteiger charge is 2.33. The summed E-state index contributed by atoms with van der Waals surface area (Å²) >= 11 is 0. The van der Waals surface area contributed by atoms with Crippen molar-refractivity contribution in [2.24, 2.45) is 5.92 Å². The number of carbonyl (C=O) groups excluding carboxylic acids is 2. The Hall–Kier alpha value is -5.15. The zero-order chi connectivity index (χ0) is 37.9. The Morgan fingerprint density at radius 1 is 0.855 bits per heavy atom. The molecule has 2 amide bonds. The average molecular weight is 739 g/mol. The van der Waals surface area contributed by atoms with Gasteiger partial charge in [0, 0.05) is 63.1 Å². The molecule has 9 heteroatoms. The molecule has 3 fully saturated rings. The maximum atomic E-state index is 13.0. The summed E-state index contributed by atoms with van der Waals surface area (Å²) < 4.78 is 0. The number of aromatic hydroxyl groups is 1. The van der Waals surface area contributed by atoms with Gasteiger partial charge in [0.05, 0.1) is 11.4 Å². The molecule has 0 saturated carbocycles. The number of fused-ring (bicyclic) bond motifs is 1. The molecule has 8 rings (SSSR count). The largest absolute Gasteiger partial charge is 0.508 e. The number of piperidine rings is 2. The molecule has 4 heterocycles. The monoisotopic (exact) mass is 738 g/mol. The number of hydrogen-bond donors (Lipinski definition) is 3. The van der Waals surface area contributed by atoms with E-state index in [9.17, 15) is 14.7 Å². The molecule has 0 radical (unpaired) electrons. The number of nitrogens with zero attached hydrogens (tertiary/aromatic N) is 4. The minimum Gasteiger partial charge on any atom is -0.508 e. The molecule has 0 bridgehead atoms. The number of pyridine rings is 1. The number of hydrogen-bond acceptors (Lipinski definition) is 7. The van der Waals surface area contributed by atoms with Crippen LogP contribution in [-0.4, -0.2) is 78.7 Å². The number of carbonyl (C=O) groups is 2. The summed E-state index contributed by atoms with van der Waals surface area (Å²) in [5, 5.41) is 15.8. The van der Waals surface area contributed by atoms with Crippen molar-refractivity contribution in [3.05, 3.63) is 131 Å². The van der Waals surface area contributed by atoms with Gasteiger partial charge in [0.25, 0.3) is 5.91 Å². The third-order valence-electron chi connectivity index (χ3n) is 12.5. The quantitative estimate of drug-likeness (QED) is 0.174. The minimum absolute atomic E-state index is 0.214.